The first-order chi connectivity index (χ1) is 12.4. The Morgan fingerprint density at radius 2 is 1.59 bits per heavy atom. The number of ether oxygens (including phenoxy) is 1. The minimum Gasteiger partial charge on any atom is -0.870 e. The Hall–Kier alpha value is -1.05. The smallest absolute Gasteiger partial charge is 0.870 e. The summed E-state index contributed by atoms with van der Waals surface area (Å²) < 4.78 is 36.9. The molecule has 0 saturated heterocycles. The van der Waals surface area contributed by atoms with E-state index in [4.69, 9.17) is 9.29 Å². The van der Waals surface area contributed by atoms with Gasteiger partial charge in [0.05, 0.1) is 4.90 Å². The number of unbranched alkanes of at least 4 members (excludes halogenated alkanes) is 5. The molecule has 0 spiro atoms. The maximum atomic E-state index is 11.8. The first-order valence-corrected chi connectivity index (χ1v) is 10.4. The summed E-state index contributed by atoms with van der Waals surface area (Å²) in [6.07, 6.45) is 8.48. The average molecular weight is 400 g/mol. The fraction of sp³-hybridized carbons (Fsp3) is 0.400. The van der Waals surface area contributed by atoms with Crippen LogP contribution in [0, 0.1) is 0 Å². The molecule has 0 fully saturated rings. The van der Waals surface area contributed by atoms with E-state index in [1.807, 2.05) is 12.1 Å². The van der Waals surface area contributed by atoms with Crippen molar-refractivity contribution >= 4 is 10.1 Å². The standard InChI is InChI=1S/C20H26O5S.Na/c1-2-3-4-5-6-7-8-16-9-11-17(12-10-16)25-20-15-18(26(22,23)24)13-14-19(20)21;/h9-15,21H,2-8H2,1H3,(H,22,23,24);/q;+1/p-1. The number of rotatable bonds is 10. The van der Waals surface area contributed by atoms with Gasteiger partial charge in [0.1, 0.15) is 11.5 Å². The Kier molecular flexibility index (Phi) is 10.4. The van der Waals surface area contributed by atoms with Crippen LogP contribution in [0.25, 0.3) is 0 Å². The van der Waals surface area contributed by atoms with E-state index < -0.39 is 15.9 Å². The Morgan fingerprint density at radius 1 is 0.963 bits per heavy atom. The Bertz CT molecular complexity index is 804. The summed E-state index contributed by atoms with van der Waals surface area (Å²) in [6, 6.07) is 10.5. The molecule has 0 aromatic heterocycles. The zero-order valence-electron chi connectivity index (χ0n) is 16.0. The van der Waals surface area contributed by atoms with Gasteiger partial charge in [-0.25, -0.2) is 0 Å². The van der Waals surface area contributed by atoms with Gasteiger partial charge in [-0.05, 0) is 36.6 Å². The maximum Gasteiger partial charge on any atom is 1.00 e. The Labute approximate surface area is 183 Å². The summed E-state index contributed by atoms with van der Waals surface area (Å²) in [5.41, 5.74) is 1.20. The summed E-state index contributed by atoms with van der Waals surface area (Å²) >= 11 is 0. The van der Waals surface area contributed by atoms with Gasteiger partial charge in [-0.15, -0.1) is 0 Å². The van der Waals surface area contributed by atoms with Gasteiger partial charge in [0.25, 0.3) is 10.1 Å². The van der Waals surface area contributed by atoms with Crippen molar-refractivity contribution in [2.45, 2.75) is 56.8 Å². The number of hydrogen-bond donors (Lipinski definition) is 1. The third-order valence-corrected chi connectivity index (χ3v) is 5.03. The van der Waals surface area contributed by atoms with E-state index in [2.05, 4.69) is 6.92 Å². The van der Waals surface area contributed by atoms with Crippen LogP contribution >= 0.6 is 0 Å². The summed E-state index contributed by atoms with van der Waals surface area (Å²) in [4.78, 5) is -0.369. The SMILES string of the molecule is CCCCCCCCc1ccc(Oc2cc(S(=O)(=O)O)ccc2[O-])cc1.[Na+]. The molecule has 142 valence electrons. The predicted molar refractivity (Wildman–Crippen MR) is 99.3 cm³/mol. The molecule has 7 heteroatoms. The summed E-state index contributed by atoms with van der Waals surface area (Å²) in [6.45, 7) is 2.21. The van der Waals surface area contributed by atoms with E-state index in [0.717, 1.165) is 31.0 Å². The molecule has 0 aliphatic carbocycles. The summed E-state index contributed by atoms with van der Waals surface area (Å²) in [5, 5.41) is 11.8. The second-order valence-corrected chi connectivity index (χ2v) is 7.77. The van der Waals surface area contributed by atoms with E-state index in [-0.39, 0.29) is 40.2 Å². The Morgan fingerprint density at radius 3 is 2.22 bits per heavy atom. The molecule has 0 bridgehead atoms. The monoisotopic (exact) mass is 400 g/mol. The van der Waals surface area contributed by atoms with Crippen LogP contribution in [0.15, 0.2) is 47.4 Å². The van der Waals surface area contributed by atoms with Crippen LogP contribution in [0.4, 0.5) is 0 Å². The van der Waals surface area contributed by atoms with Crippen molar-refractivity contribution in [2.24, 2.45) is 0 Å². The second-order valence-electron chi connectivity index (χ2n) is 6.35. The first kappa shape index (κ1) is 24.0. The molecule has 0 saturated carbocycles. The normalized spacial score (nSPS) is 11.0. The van der Waals surface area contributed by atoms with E-state index in [0.29, 0.717) is 5.75 Å². The summed E-state index contributed by atoms with van der Waals surface area (Å²) in [7, 11) is -4.38. The fourth-order valence-electron chi connectivity index (χ4n) is 2.69. The zero-order valence-corrected chi connectivity index (χ0v) is 18.8. The molecule has 2 aromatic rings. The van der Waals surface area contributed by atoms with Crippen molar-refractivity contribution in [3.05, 3.63) is 48.0 Å². The van der Waals surface area contributed by atoms with Crippen molar-refractivity contribution in [1.82, 2.24) is 0 Å². The quantitative estimate of drug-likeness (QED) is 0.373. The van der Waals surface area contributed by atoms with Crippen LogP contribution in [-0.4, -0.2) is 13.0 Å². The molecule has 0 amide bonds. The van der Waals surface area contributed by atoms with Crippen LogP contribution in [0.1, 0.15) is 51.0 Å². The molecule has 27 heavy (non-hydrogen) atoms. The van der Waals surface area contributed by atoms with Gasteiger partial charge in [0.2, 0.25) is 0 Å². The minimum atomic E-state index is -4.38. The second kappa shape index (κ2) is 11.7. The predicted octanol–water partition coefficient (Wildman–Crippen LogP) is 1.71. The van der Waals surface area contributed by atoms with Gasteiger partial charge in [0.15, 0.2) is 0 Å². The molecule has 0 aliphatic rings. The van der Waals surface area contributed by atoms with Gasteiger partial charge >= 0.3 is 29.6 Å². The third-order valence-electron chi connectivity index (χ3n) is 4.18. The van der Waals surface area contributed by atoms with E-state index in [1.165, 1.54) is 37.7 Å². The first-order valence-electron chi connectivity index (χ1n) is 8.95. The molecule has 2 aromatic carbocycles. The van der Waals surface area contributed by atoms with Gasteiger partial charge < -0.3 is 9.84 Å². The molecule has 0 heterocycles. The van der Waals surface area contributed by atoms with E-state index >= 15 is 0 Å². The molecule has 2 rings (SSSR count). The van der Waals surface area contributed by atoms with Crippen molar-refractivity contribution in [3.8, 4) is 17.2 Å². The number of aryl methyl sites for hydroxylation is 1. The minimum absolute atomic E-state index is 0. The largest absolute Gasteiger partial charge is 1.00 e. The van der Waals surface area contributed by atoms with Crippen LogP contribution < -0.4 is 39.4 Å². The third kappa shape index (κ3) is 8.23. The molecule has 0 atom stereocenters. The fourth-order valence-corrected chi connectivity index (χ4v) is 3.19. The van der Waals surface area contributed by atoms with Gasteiger partial charge in [-0.3, -0.25) is 4.55 Å². The Balaban J connectivity index is 0.00000364. The van der Waals surface area contributed by atoms with Crippen LogP contribution in [0.5, 0.6) is 17.2 Å². The van der Waals surface area contributed by atoms with Crippen LogP contribution in [0.2, 0.25) is 0 Å². The van der Waals surface area contributed by atoms with Crippen molar-refractivity contribution in [2.75, 3.05) is 0 Å². The van der Waals surface area contributed by atoms with E-state index in [1.54, 1.807) is 12.1 Å². The molecular weight excluding hydrogens is 375 g/mol. The molecular formula is C20H25NaO5S. The molecule has 5 nitrogen and oxygen atoms in total. The number of hydrogen-bond acceptors (Lipinski definition) is 4. The maximum absolute atomic E-state index is 11.8. The molecule has 1 N–H and O–H groups in total. The zero-order chi connectivity index (χ0) is 19.0. The van der Waals surface area contributed by atoms with Crippen molar-refractivity contribution in [3.63, 3.8) is 0 Å². The number of benzene rings is 2. The topological polar surface area (TPSA) is 86.7 Å². The van der Waals surface area contributed by atoms with Crippen molar-refractivity contribution in [1.29, 1.82) is 0 Å². The van der Waals surface area contributed by atoms with E-state index in [9.17, 15) is 13.5 Å². The average Bonchev–Trinajstić information content (AvgIpc) is 2.60. The van der Waals surface area contributed by atoms with Gasteiger partial charge in [-0.1, -0.05) is 63.0 Å². The van der Waals surface area contributed by atoms with Gasteiger partial charge in [-0.2, -0.15) is 8.42 Å². The molecule has 0 unspecified atom stereocenters. The van der Waals surface area contributed by atoms with Gasteiger partial charge in [0, 0.05) is 6.07 Å². The van der Waals surface area contributed by atoms with Crippen LogP contribution in [0.3, 0.4) is 0 Å². The van der Waals surface area contributed by atoms with Crippen molar-refractivity contribution < 1.29 is 52.4 Å². The summed E-state index contributed by atoms with van der Waals surface area (Å²) in [5.74, 6) is -0.140. The van der Waals surface area contributed by atoms with Crippen LogP contribution in [-0.2, 0) is 16.5 Å². The molecule has 0 radical (unpaired) electrons. The molecule has 0 aliphatic heterocycles.